The Morgan fingerprint density at radius 3 is 2.33 bits per heavy atom. The molecule has 0 amide bonds. The molecule has 4 rings (SSSR count). The second-order valence-corrected chi connectivity index (χ2v) is 6.22. The van der Waals surface area contributed by atoms with Crippen LogP contribution in [0.25, 0.3) is 28.0 Å². The van der Waals surface area contributed by atoms with Crippen molar-refractivity contribution in [3.8, 4) is 16.9 Å². The summed E-state index contributed by atoms with van der Waals surface area (Å²) in [5.74, 6) is -0.381. The van der Waals surface area contributed by atoms with Gasteiger partial charge < -0.3 is 0 Å². The van der Waals surface area contributed by atoms with Gasteiger partial charge in [0, 0.05) is 16.5 Å². The predicted molar refractivity (Wildman–Crippen MR) is 98.6 cm³/mol. The molecule has 6 heteroatoms. The Balaban J connectivity index is 1.92. The first-order chi connectivity index (χ1) is 13.1. The number of rotatable bonds is 4. The van der Waals surface area contributed by atoms with Crippen molar-refractivity contribution in [3.05, 3.63) is 77.7 Å². The summed E-state index contributed by atoms with van der Waals surface area (Å²) >= 11 is 0. The van der Waals surface area contributed by atoms with E-state index in [1.807, 2.05) is 24.3 Å². The van der Waals surface area contributed by atoms with Gasteiger partial charge in [0.2, 0.25) is 0 Å². The molecule has 0 unspecified atom stereocenters. The van der Waals surface area contributed by atoms with E-state index in [-0.39, 0.29) is 16.8 Å². The number of pyridine rings is 1. The van der Waals surface area contributed by atoms with Crippen LogP contribution in [-0.4, -0.2) is 14.8 Å². The zero-order valence-corrected chi connectivity index (χ0v) is 14.5. The van der Waals surface area contributed by atoms with Crippen molar-refractivity contribution in [2.45, 2.75) is 19.8 Å². The lowest BCUT2D eigenvalue weighted by atomic mass is 10.0. The van der Waals surface area contributed by atoms with Gasteiger partial charge in [-0.3, -0.25) is 0 Å². The van der Waals surface area contributed by atoms with E-state index in [2.05, 4.69) is 17.0 Å². The van der Waals surface area contributed by atoms with Crippen molar-refractivity contribution in [1.29, 1.82) is 0 Å². The van der Waals surface area contributed by atoms with Crippen LogP contribution in [0.4, 0.5) is 13.2 Å². The number of nitrogens with zero attached hydrogens (tertiary/aromatic N) is 3. The Hall–Kier alpha value is -3.15. The molecule has 0 saturated heterocycles. The molecule has 0 N–H and O–H groups in total. The third kappa shape index (κ3) is 3.18. The van der Waals surface area contributed by atoms with Crippen molar-refractivity contribution in [2.24, 2.45) is 0 Å². The Kier molecular flexibility index (Phi) is 4.39. The minimum atomic E-state index is -2.66. The number of hydrogen-bond donors (Lipinski definition) is 0. The number of aryl methyl sites for hydroxylation is 1. The first kappa shape index (κ1) is 17.3. The minimum Gasteiger partial charge on any atom is -0.228 e. The molecule has 0 aliphatic carbocycles. The highest BCUT2D eigenvalue weighted by Gasteiger charge is 2.19. The predicted octanol–water partition coefficient (Wildman–Crippen LogP) is 5.73. The number of aromatic nitrogens is 3. The number of alkyl halides is 2. The van der Waals surface area contributed by atoms with Crippen molar-refractivity contribution < 1.29 is 13.2 Å². The van der Waals surface area contributed by atoms with Gasteiger partial charge in [0.1, 0.15) is 5.82 Å². The summed E-state index contributed by atoms with van der Waals surface area (Å²) in [4.78, 5) is 4.58. The Labute approximate surface area is 154 Å². The minimum absolute atomic E-state index is 0.122. The van der Waals surface area contributed by atoms with Crippen molar-refractivity contribution in [3.63, 3.8) is 0 Å². The lowest BCUT2D eigenvalue weighted by Gasteiger charge is -2.09. The normalized spacial score (nSPS) is 11.4. The summed E-state index contributed by atoms with van der Waals surface area (Å²) in [5, 5.41) is 4.48. The first-order valence-corrected chi connectivity index (χ1v) is 8.59. The summed E-state index contributed by atoms with van der Waals surface area (Å²) < 4.78 is 42.0. The maximum absolute atomic E-state index is 13.7. The maximum atomic E-state index is 13.7. The molecule has 27 heavy (non-hydrogen) atoms. The van der Waals surface area contributed by atoms with E-state index in [1.54, 1.807) is 0 Å². The largest absolute Gasteiger partial charge is 0.264 e. The average molecular weight is 367 g/mol. The summed E-state index contributed by atoms with van der Waals surface area (Å²) in [6.07, 6.45) is -0.390. The highest BCUT2D eigenvalue weighted by atomic mass is 19.3. The molecule has 0 fully saturated rings. The monoisotopic (exact) mass is 367 g/mol. The van der Waals surface area contributed by atoms with E-state index >= 15 is 0 Å². The molecule has 0 aliphatic rings. The van der Waals surface area contributed by atoms with E-state index in [9.17, 15) is 13.2 Å². The molecule has 0 spiro atoms. The van der Waals surface area contributed by atoms with Crippen LogP contribution in [0.3, 0.4) is 0 Å². The molecule has 0 bridgehead atoms. The van der Waals surface area contributed by atoms with Gasteiger partial charge in [0.05, 0.1) is 17.6 Å². The van der Waals surface area contributed by atoms with Gasteiger partial charge in [0.25, 0.3) is 6.43 Å². The van der Waals surface area contributed by atoms with Crippen LogP contribution in [-0.2, 0) is 6.42 Å². The highest BCUT2D eigenvalue weighted by Crippen LogP contribution is 2.32. The molecule has 2 heterocycles. The molecule has 0 radical (unpaired) electrons. The summed E-state index contributed by atoms with van der Waals surface area (Å²) in [5.41, 5.74) is 3.10. The lowest BCUT2D eigenvalue weighted by molar-refractivity contribution is 0.153. The van der Waals surface area contributed by atoms with E-state index in [0.717, 1.165) is 17.5 Å². The SMILES string of the molecule is CCc1ccc(-c2cc(C(F)F)c3cnn(-c4ccc(F)cc4)c3n2)cc1. The molecule has 136 valence electrons. The fraction of sp³-hybridized carbons (Fsp3) is 0.143. The fourth-order valence-electron chi connectivity index (χ4n) is 3.04. The second-order valence-electron chi connectivity index (χ2n) is 6.22. The van der Waals surface area contributed by atoms with Crippen LogP contribution in [0.15, 0.2) is 60.8 Å². The molecular formula is C21H16F3N3. The van der Waals surface area contributed by atoms with Crippen LogP contribution >= 0.6 is 0 Å². The molecule has 4 aromatic rings. The number of hydrogen-bond acceptors (Lipinski definition) is 2. The summed E-state index contributed by atoms with van der Waals surface area (Å²) in [6.45, 7) is 2.05. The van der Waals surface area contributed by atoms with Gasteiger partial charge in [-0.1, -0.05) is 31.2 Å². The molecule has 0 saturated carbocycles. The number of benzene rings is 2. The summed E-state index contributed by atoms with van der Waals surface area (Å²) in [6, 6.07) is 14.7. The maximum Gasteiger partial charge on any atom is 0.264 e. The van der Waals surface area contributed by atoms with Gasteiger partial charge in [-0.25, -0.2) is 22.8 Å². The highest BCUT2D eigenvalue weighted by molar-refractivity contribution is 5.83. The van der Waals surface area contributed by atoms with Gasteiger partial charge in [-0.05, 0) is 42.3 Å². The smallest absolute Gasteiger partial charge is 0.228 e. The zero-order chi connectivity index (χ0) is 19.0. The second kappa shape index (κ2) is 6.87. The average Bonchev–Trinajstić information content (AvgIpc) is 3.11. The molecule has 2 aromatic heterocycles. The van der Waals surface area contributed by atoms with Crippen molar-refractivity contribution >= 4 is 11.0 Å². The van der Waals surface area contributed by atoms with Crippen LogP contribution < -0.4 is 0 Å². The van der Waals surface area contributed by atoms with E-state index in [0.29, 0.717) is 17.0 Å². The Morgan fingerprint density at radius 2 is 1.70 bits per heavy atom. The van der Waals surface area contributed by atoms with Crippen LogP contribution in [0, 0.1) is 5.82 Å². The number of halogens is 3. The van der Waals surface area contributed by atoms with Gasteiger partial charge >= 0.3 is 0 Å². The van der Waals surface area contributed by atoms with Gasteiger partial charge in [-0.15, -0.1) is 0 Å². The van der Waals surface area contributed by atoms with Crippen LogP contribution in [0.5, 0.6) is 0 Å². The van der Waals surface area contributed by atoms with Crippen LogP contribution in [0.1, 0.15) is 24.5 Å². The van der Waals surface area contributed by atoms with Crippen LogP contribution in [0.2, 0.25) is 0 Å². The van der Waals surface area contributed by atoms with Crippen molar-refractivity contribution in [2.75, 3.05) is 0 Å². The first-order valence-electron chi connectivity index (χ1n) is 8.59. The van der Waals surface area contributed by atoms with E-state index < -0.39 is 6.43 Å². The third-order valence-electron chi connectivity index (χ3n) is 4.54. The Morgan fingerprint density at radius 1 is 1.00 bits per heavy atom. The standard InChI is InChI=1S/C21H16F3N3/c1-2-13-3-5-14(6-4-13)19-11-17(20(23)24)18-12-25-27(21(18)26-19)16-9-7-15(22)8-10-16/h3-12,20H,2H2,1H3. The zero-order valence-electron chi connectivity index (χ0n) is 14.5. The molecule has 2 aromatic carbocycles. The summed E-state index contributed by atoms with van der Waals surface area (Å²) in [7, 11) is 0. The Bertz CT molecular complexity index is 1080. The third-order valence-corrected chi connectivity index (χ3v) is 4.54. The molecular weight excluding hydrogens is 351 g/mol. The van der Waals surface area contributed by atoms with Gasteiger partial charge in [-0.2, -0.15) is 5.10 Å². The molecule has 3 nitrogen and oxygen atoms in total. The molecule has 0 aliphatic heterocycles. The van der Waals surface area contributed by atoms with E-state index in [4.69, 9.17) is 0 Å². The topological polar surface area (TPSA) is 30.7 Å². The molecule has 0 atom stereocenters. The lowest BCUT2D eigenvalue weighted by Crippen LogP contribution is -2.00. The van der Waals surface area contributed by atoms with Gasteiger partial charge in [0.15, 0.2) is 5.65 Å². The fourth-order valence-corrected chi connectivity index (χ4v) is 3.04. The quantitative estimate of drug-likeness (QED) is 0.461. The van der Waals surface area contributed by atoms with Crippen molar-refractivity contribution in [1.82, 2.24) is 14.8 Å². The van der Waals surface area contributed by atoms with E-state index in [1.165, 1.54) is 41.2 Å². The number of fused-ring (bicyclic) bond motifs is 1.